The maximum atomic E-state index is 13.3. The van der Waals surface area contributed by atoms with Gasteiger partial charge >= 0.3 is 0 Å². The van der Waals surface area contributed by atoms with Crippen molar-refractivity contribution >= 4 is 34.1 Å². The molecule has 1 saturated carbocycles. The summed E-state index contributed by atoms with van der Waals surface area (Å²) in [7, 11) is 0. The summed E-state index contributed by atoms with van der Waals surface area (Å²) in [6.07, 6.45) is 6.55. The van der Waals surface area contributed by atoms with Crippen LogP contribution in [0.15, 0.2) is 30.5 Å². The minimum absolute atomic E-state index is 0.134. The molecule has 2 aliphatic rings. The Kier molecular flexibility index (Phi) is 5.13. The summed E-state index contributed by atoms with van der Waals surface area (Å²) in [4.78, 5) is 34.0. The van der Waals surface area contributed by atoms with Crippen LogP contribution in [-0.2, 0) is 6.42 Å². The number of pyridine rings is 2. The van der Waals surface area contributed by atoms with E-state index in [0.29, 0.717) is 34.5 Å². The van der Waals surface area contributed by atoms with Crippen molar-refractivity contribution in [1.82, 2.24) is 15.3 Å². The van der Waals surface area contributed by atoms with Gasteiger partial charge in [-0.05, 0) is 38.0 Å². The minimum atomic E-state index is -0.629. The van der Waals surface area contributed by atoms with Gasteiger partial charge in [0.15, 0.2) is 0 Å². The molecule has 0 radical (unpaired) electrons. The highest BCUT2D eigenvalue weighted by Crippen LogP contribution is 2.37. The molecule has 3 aromatic rings. The van der Waals surface area contributed by atoms with Crippen LogP contribution in [0.3, 0.4) is 0 Å². The molecular weight excluding hydrogens is 406 g/mol. The van der Waals surface area contributed by atoms with E-state index in [-0.39, 0.29) is 17.6 Å². The van der Waals surface area contributed by atoms with Crippen molar-refractivity contribution in [3.8, 4) is 5.75 Å². The Hall–Kier alpha value is -3.68. The molecule has 1 aliphatic carbocycles. The quantitative estimate of drug-likeness (QED) is 0.570. The zero-order valence-electron chi connectivity index (χ0n) is 17.9. The molecule has 2 amide bonds. The van der Waals surface area contributed by atoms with E-state index in [1.165, 1.54) is 0 Å². The van der Waals surface area contributed by atoms with Gasteiger partial charge in [0.2, 0.25) is 0 Å². The third-order valence-corrected chi connectivity index (χ3v) is 6.22. The fourth-order valence-electron chi connectivity index (χ4n) is 4.60. The molecular formula is C24H25N5O3. The third-order valence-electron chi connectivity index (χ3n) is 6.22. The van der Waals surface area contributed by atoms with Crippen molar-refractivity contribution in [2.24, 2.45) is 5.73 Å². The Bertz CT molecular complexity index is 1230. The number of carbonyl (C=O) groups is 2. The molecule has 4 N–H and O–H groups in total. The first kappa shape index (κ1) is 20.2. The smallest absolute Gasteiger partial charge is 0.267 e. The lowest BCUT2D eigenvalue weighted by molar-refractivity contribution is 0.0937. The lowest BCUT2D eigenvalue weighted by atomic mass is 10.0. The van der Waals surface area contributed by atoms with Gasteiger partial charge in [0.05, 0.1) is 29.1 Å². The predicted octanol–water partition coefficient (Wildman–Crippen LogP) is 3.39. The number of nitrogens with one attached hydrogen (secondary N) is 2. The number of anilines is 2. The topological polar surface area (TPSA) is 119 Å². The molecule has 0 bridgehead atoms. The van der Waals surface area contributed by atoms with E-state index in [9.17, 15) is 9.59 Å². The molecule has 5 rings (SSSR count). The number of aromatic nitrogens is 2. The lowest BCUT2D eigenvalue weighted by Crippen LogP contribution is -2.33. The van der Waals surface area contributed by atoms with Crippen LogP contribution in [0.5, 0.6) is 5.75 Å². The number of aryl methyl sites for hydroxylation is 1. The molecule has 0 saturated heterocycles. The number of fused-ring (bicyclic) bond motifs is 2. The normalized spacial score (nSPS) is 15.4. The van der Waals surface area contributed by atoms with Gasteiger partial charge in [-0.1, -0.05) is 18.9 Å². The van der Waals surface area contributed by atoms with Crippen molar-refractivity contribution in [3.05, 3.63) is 53.0 Å². The number of hydrogen-bond acceptors (Lipinski definition) is 6. The van der Waals surface area contributed by atoms with Gasteiger partial charge < -0.3 is 21.1 Å². The maximum Gasteiger partial charge on any atom is 0.267 e. The number of carbonyl (C=O) groups excluding carboxylic acids is 2. The monoisotopic (exact) mass is 431 g/mol. The summed E-state index contributed by atoms with van der Waals surface area (Å²) in [5.74, 6) is 0.0180. The number of benzene rings is 1. The van der Waals surface area contributed by atoms with Crippen molar-refractivity contribution in [1.29, 1.82) is 0 Å². The zero-order valence-corrected chi connectivity index (χ0v) is 17.9. The Morgan fingerprint density at radius 3 is 2.81 bits per heavy atom. The fraction of sp³-hybridized carbons (Fsp3) is 0.333. The molecule has 3 heterocycles. The molecule has 2 aromatic heterocycles. The summed E-state index contributed by atoms with van der Waals surface area (Å²) < 4.78 is 5.70. The molecule has 1 fully saturated rings. The van der Waals surface area contributed by atoms with Gasteiger partial charge in [0.1, 0.15) is 11.4 Å². The molecule has 0 spiro atoms. The number of hydrogen-bond donors (Lipinski definition) is 3. The van der Waals surface area contributed by atoms with Crippen molar-refractivity contribution in [3.63, 3.8) is 0 Å². The summed E-state index contributed by atoms with van der Waals surface area (Å²) in [5, 5.41) is 7.22. The Balaban J connectivity index is 1.66. The summed E-state index contributed by atoms with van der Waals surface area (Å²) in [5.41, 5.74) is 9.75. The minimum Gasteiger partial charge on any atom is -0.493 e. The Morgan fingerprint density at radius 1 is 1.22 bits per heavy atom. The maximum absolute atomic E-state index is 13.3. The van der Waals surface area contributed by atoms with E-state index >= 15 is 0 Å². The van der Waals surface area contributed by atoms with E-state index in [1.54, 1.807) is 19.2 Å². The van der Waals surface area contributed by atoms with Crippen LogP contribution in [-0.4, -0.2) is 34.4 Å². The van der Waals surface area contributed by atoms with Crippen LogP contribution >= 0.6 is 0 Å². The van der Waals surface area contributed by atoms with Crippen LogP contribution in [0.4, 0.5) is 11.4 Å². The molecule has 8 heteroatoms. The number of primary amides is 1. The lowest BCUT2D eigenvalue weighted by Gasteiger charge is -2.19. The molecule has 1 aromatic carbocycles. The van der Waals surface area contributed by atoms with Gasteiger partial charge in [0.25, 0.3) is 11.8 Å². The van der Waals surface area contributed by atoms with Crippen LogP contribution in [0.1, 0.15) is 57.8 Å². The van der Waals surface area contributed by atoms with Crippen LogP contribution in [0, 0.1) is 6.92 Å². The first-order chi connectivity index (χ1) is 15.5. The van der Waals surface area contributed by atoms with Crippen LogP contribution in [0.25, 0.3) is 10.9 Å². The first-order valence-electron chi connectivity index (χ1n) is 10.9. The predicted molar refractivity (Wildman–Crippen MR) is 121 cm³/mol. The van der Waals surface area contributed by atoms with Crippen molar-refractivity contribution in [2.75, 3.05) is 11.9 Å². The molecule has 0 atom stereocenters. The molecule has 0 unspecified atom stereocenters. The van der Waals surface area contributed by atoms with E-state index in [4.69, 9.17) is 10.5 Å². The average molecular weight is 431 g/mol. The second-order valence-electron chi connectivity index (χ2n) is 8.36. The number of nitrogens with zero attached hydrogens (tertiary/aromatic N) is 2. The highest BCUT2D eigenvalue weighted by Gasteiger charge is 2.24. The van der Waals surface area contributed by atoms with E-state index in [2.05, 4.69) is 20.6 Å². The van der Waals surface area contributed by atoms with Crippen LogP contribution < -0.4 is 21.1 Å². The number of rotatable bonds is 5. The standard InChI is InChI=1S/C24H25N5O3/c1-13-21-16(11-19(27-13)23(25)30)22(29-18-7-4-8-20-15(18)9-10-32-20)17(12-26-21)24(31)28-14-5-2-3-6-14/h4,7-8,11-12,14H,2-3,5-6,9-10H2,1H3,(H2,25,30)(H,26,29)(H,28,31). The first-order valence-corrected chi connectivity index (χ1v) is 10.9. The van der Waals surface area contributed by atoms with Crippen molar-refractivity contribution in [2.45, 2.75) is 45.1 Å². The second-order valence-corrected chi connectivity index (χ2v) is 8.36. The van der Waals surface area contributed by atoms with E-state index in [0.717, 1.165) is 49.1 Å². The SMILES string of the molecule is Cc1nc(C(N)=O)cc2c(Nc3cccc4c3CCO4)c(C(=O)NC3CCCC3)cnc12. The van der Waals surface area contributed by atoms with E-state index < -0.39 is 5.91 Å². The third kappa shape index (κ3) is 3.62. The fourth-order valence-corrected chi connectivity index (χ4v) is 4.60. The highest BCUT2D eigenvalue weighted by molar-refractivity contribution is 6.09. The van der Waals surface area contributed by atoms with E-state index in [1.807, 2.05) is 18.2 Å². The van der Waals surface area contributed by atoms with Crippen LogP contribution in [0.2, 0.25) is 0 Å². The second kappa shape index (κ2) is 8.11. The summed E-state index contributed by atoms with van der Waals surface area (Å²) in [6.45, 7) is 2.40. The van der Waals surface area contributed by atoms with Gasteiger partial charge in [-0.25, -0.2) is 4.98 Å². The molecule has 8 nitrogen and oxygen atoms in total. The number of nitrogens with two attached hydrogens (primary N) is 1. The largest absolute Gasteiger partial charge is 0.493 e. The van der Waals surface area contributed by atoms with Gasteiger partial charge in [-0.15, -0.1) is 0 Å². The Labute approximate surface area is 185 Å². The van der Waals surface area contributed by atoms with Gasteiger partial charge in [0, 0.05) is 35.3 Å². The number of amides is 2. The van der Waals surface area contributed by atoms with Gasteiger partial charge in [-0.2, -0.15) is 0 Å². The summed E-state index contributed by atoms with van der Waals surface area (Å²) in [6, 6.07) is 7.58. The molecule has 1 aliphatic heterocycles. The molecule has 164 valence electrons. The Morgan fingerprint density at radius 2 is 2.03 bits per heavy atom. The number of ether oxygens (including phenoxy) is 1. The van der Waals surface area contributed by atoms with Gasteiger partial charge in [-0.3, -0.25) is 14.6 Å². The zero-order chi connectivity index (χ0) is 22.2. The van der Waals surface area contributed by atoms with Crippen molar-refractivity contribution < 1.29 is 14.3 Å². The summed E-state index contributed by atoms with van der Waals surface area (Å²) >= 11 is 0. The molecule has 32 heavy (non-hydrogen) atoms. The average Bonchev–Trinajstić information content (AvgIpc) is 3.46. The highest BCUT2D eigenvalue weighted by atomic mass is 16.5.